The van der Waals surface area contributed by atoms with E-state index in [1.54, 1.807) is 19.9 Å². The summed E-state index contributed by atoms with van der Waals surface area (Å²) < 4.78 is 10.2. The lowest BCUT2D eigenvalue weighted by molar-refractivity contribution is -0.149. The van der Waals surface area contributed by atoms with Crippen molar-refractivity contribution in [3.05, 3.63) is 29.8 Å². The molecule has 0 saturated heterocycles. The van der Waals surface area contributed by atoms with Crippen LogP contribution in [0.25, 0.3) is 0 Å². The fourth-order valence-corrected chi connectivity index (χ4v) is 1.20. The van der Waals surface area contributed by atoms with Crippen LogP contribution in [0, 0.1) is 0 Å². The Kier molecular flexibility index (Phi) is 4.79. The molecule has 88 valence electrons. The molecule has 2 N–H and O–H groups in total. The molecule has 0 spiro atoms. The molecular weight excluding hydrogens is 206 g/mol. The normalized spacial score (nSPS) is 10.2. The number of ether oxygens (including phenoxy) is 2. The first-order valence-electron chi connectivity index (χ1n) is 5.23. The number of esters is 1. The summed E-state index contributed by atoms with van der Waals surface area (Å²) in [6, 6.07) is 7.33. The number of rotatable bonds is 5. The van der Waals surface area contributed by atoms with Crippen molar-refractivity contribution in [2.45, 2.75) is 26.5 Å². The molecular formula is C12H17NO3. The van der Waals surface area contributed by atoms with Crippen LogP contribution in [0.3, 0.4) is 0 Å². The van der Waals surface area contributed by atoms with E-state index in [4.69, 9.17) is 15.2 Å². The van der Waals surface area contributed by atoms with Crippen LogP contribution in [0.4, 0.5) is 0 Å². The summed E-state index contributed by atoms with van der Waals surface area (Å²) >= 11 is 0. The molecule has 1 aromatic carbocycles. The van der Waals surface area contributed by atoms with E-state index in [2.05, 4.69) is 0 Å². The number of hydrogen-bond donors (Lipinski definition) is 1. The van der Waals surface area contributed by atoms with E-state index in [0.29, 0.717) is 12.3 Å². The summed E-state index contributed by atoms with van der Waals surface area (Å²) in [7, 11) is 0. The van der Waals surface area contributed by atoms with E-state index in [1.165, 1.54) is 0 Å². The second-order valence-corrected chi connectivity index (χ2v) is 3.68. The monoisotopic (exact) mass is 223 g/mol. The van der Waals surface area contributed by atoms with Crippen molar-refractivity contribution >= 4 is 5.97 Å². The van der Waals surface area contributed by atoms with Crippen molar-refractivity contribution in [3.63, 3.8) is 0 Å². The summed E-state index contributed by atoms with van der Waals surface area (Å²) in [4.78, 5) is 11.2. The lowest BCUT2D eigenvalue weighted by atomic mass is 10.2. The van der Waals surface area contributed by atoms with Gasteiger partial charge in [-0.2, -0.15) is 0 Å². The van der Waals surface area contributed by atoms with Crippen molar-refractivity contribution in [3.8, 4) is 5.75 Å². The lowest BCUT2D eigenvalue weighted by Crippen LogP contribution is -2.18. The average molecular weight is 223 g/mol. The molecule has 4 heteroatoms. The van der Waals surface area contributed by atoms with Gasteiger partial charge in [-0.3, -0.25) is 0 Å². The molecule has 0 unspecified atom stereocenters. The summed E-state index contributed by atoms with van der Waals surface area (Å²) in [5.74, 6) is 0.261. The number of hydrogen-bond acceptors (Lipinski definition) is 4. The molecule has 0 radical (unpaired) electrons. The molecule has 0 saturated carbocycles. The second kappa shape index (κ2) is 6.12. The molecule has 16 heavy (non-hydrogen) atoms. The van der Waals surface area contributed by atoms with Crippen molar-refractivity contribution in [1.82, 2.24) is 0 Å². The highest BCUT2D eigenvalue weighted by Gasteiger charge is 2.06. The largest absolute Gasteiger partial charge is 0.482 e. The van der Waals surface area contributed by atoms with E-state index in [-0.39, 0.29) is 18.7 Å². The zero-order chi connectivity index (χ0) is 12.0. The predicted molar refractivity (Wildman–Crippen MR) is 61.1 cm³/mol. The zero-order valence-corrected chi connectivity index (χ0v) is 9.60. The first-order valence-corrected chi connectivity index (χ1v) is 5.23. The molecule has 0 aromatic heterocycles. The Balaban J connectivity index is 2.45. The molecule has 0 heterocycles. The molecule has 0 aliphatic carbocycles. The maximum absolute atomic E-state index is 11.2. The number of carbonyl (C=O) groups excluding carboxylic acids is 1. The number of carbonyl (C=O) groups is 1. The maximum Gasteiger partial charge on any atom is 0.344 e. The molecule has 0 aliphatic rings. The molecule has 1 rings (SSSR count). The van der Waals surface area contributed by atoms with Crippen LogP contribution in [0.5, 0.6) is 5.75 Å². The average Bonchev–Trinajstić information content (AvgIpc) is 2.26. The third-order valence-corrected chi connectivity index (χ3v) is 1.86. The summed E-state index contributed by atoms with van der Waals surface area (Å²) in [5.41, 5.74) is 6.46. The first-order chi connectivity index (χ1) is 7.61. The SMILES string of the molecule is CC(C)OC(=O)COc1cccc(CN)c1. The Morgan fingerprint density at radius 1 is 1.44 bits per heavy atom. The second-order valence-electron chi connectivity index (χ2n) is 3.68. The van der Waals surface area contributed by atoms with Gasteiger partial charge < -0.3 is 15.2 Å². The topological polar surface area (TPSA) is 61.5 Å². The Hall–Kier alpha value is -1.55. The van der Waals surface area contributed by atoms with Gasteiger partial charge in [0.1, 0.15) is 5.75 Å². The first kappa shape index (κ1) is 12.5. The van der Waals surface area contributed by atoms with Crippen LogP contribution >= 0.6 is 0 Å². The van der Waals surface area contributed by atoms with Crippen LogP contribution in [0.2, 0.25) is 0 Å². The minimum absolute atomic E-state index is 0.0772. The molecule has 0 aliphatic heterocycles. The van der Waals surface area contributed by atoms with Crippen LogP contribution in [0.15, 0.2) is 24.3 Å². The van der Waals surface area contributed by atoms with Crippen LogP contribution in [-0.2, 0) is 16.1 Å². The Morgan fingerprint density at radius 3 is 2.81 bits per heavy atom. The number of nitrogens with two attached hydrogens (primary N) is 1. The summed E-state index contributed by atoms with van der Waals surface area (Å²) in [6.45, 7) is 3.97. The fraction of sp³-hybridized carbons (Fsp3) is 0.417. The van der Waals surface area contributed by atoms with Gasteiger partial charge in [-0.25, -0.2) is 4.79 Å². The Morgan fingerprint density at radius 2 is 2.19 bits per heavy atom. The smallest absolute Gasteiger partial charge is 0.344 e. The van der Waals surface area contributed by atoms with E-state index >= 15 is 0 Å². The highest BCUT2D eigenvalue weighted by atomic mass is 16.6. The van der Waals surface area contributed by atoms with Gasteiger partial charge >= 0.3 is 5.97 Å². The summed E-state index contributed by atoms with van der Waals surface area (Å²) in [6.07, 6.45) is -0.119. The Labute approximate surface area is 95.3 Å². The van der Waals surface area contributed by atoms with E-state index < -0.39 is 0 Å². The van der Waals surface area contributed by atoms with E-state index in [9.17, 15) is 4.79 Å². The van der Waals surface area contributed by atoms with Crippen LogP contribution < -0.4 is 10.5 Å². The highest BCUT2D eigenvalue weighted by molar-refractivity contribution is 5.71. The van der Waals surface area contributed by atoms with Crippen LogP contribution in [-0.4, -0.2) is 18.7 Å². The minimum atomic E-state index is -0.367. The summed E-state index contributed by atoms with van der Waals surface area (Å²) in [5, 5.41) is 0. The molecule has 0 fully saturated rings. The van der Waals surface area contributed by atoms with E-state index in [0.717, 1.165) is 5.56 Å². The fourth-order valence-electron chi connectivity index (χ4n) is 1.20. The van der Waals surface area contributed by atoms with Gasteiger partial charge in [-0.05, 0) is 31.5 Å². The van der Waals surface area contributed by atoms with Gasteiger partial charge in [0, 0.05) is 6.54 Å². The van der Waals surface area contributed by atoms with Crippen molar-refractivity contribution in [2.75, 3.05) is 6.61 Å². The van der Waals surface area contributed by atoms with Crippen LogP contribution in [0.1, 0.15) is 19.4 Å². The third-order valence-electron chi connectivity index (χ3n) is 1.86. The Bertz CT molecular complexity index is 350. The minimum Gasteiger partial charge on any atom is -0.482 e. The molecule has 1 aromatic rings. The lowest BCUT2D eigenvalue weighted by Gasteiger charge is -2.09. The van der Waals surface area contributed by atoms with Gasteiger partial charge in [-0.1, -0.05) is 12.1 Å². The highest BCUT2D eigenvalue weighted by Crippen LogP contribution is 2.12. The number of benzene rings is 1. The van der Waals surface area contributed by atoms with Crippen molar-refractivity contribution < 1.29 is 14.3 Å². The molecule has 0 bridgehead atoms. The quantitative estimate of drug-likeness (QED) is 0.768. The van der Waals surface area contributed by atoms with Gasteiger partial charge in [0.2, 0.25) is 0 Å². The van der Waals surface area contributed by atoms with Gasteiger partial charge in [-0.15, -0.1) is 0 Å². The van der Waals surface area contributed by atoms with Gasteiger partial charge in [0.05, 0.1) is 6.10 Å². The zero-order valence-electron chi connectivity index (χ0n) is 9.60. The van der Waals surface area contributed by atoms with Gasteiger partial charge in [0.15, 0.2) is 6.61 Å². The molecule has 0 amide bonds. The molecule has 0 atom stereocenters. The van der Waals surface area contributed by atoms with Gasteiger partial charge in [0.25, 0.3) is 0 Å². The van der Waals surface area contributed by atoms with E-state index in [1.807, 2.05) is 18.2 Å². The maximum atomic E-state index is 11.2. The predicted octanol–water partition coefficient (Wildman–Crippen LogP) is 1.48. The van der Waals surface area contributed by atoms with Crippen molar-refractivity contribution in [2.24, 2.45) is 5.73 Å². The standard InChI is InChI=1S/C12H17NO3/c1-9(2)16-12(14)8-15-11-5-3-4-10(6-11)7-13/h3-6,9H,7-8,13H2,1-2H3. The van der Waals surface area contributed by atoms with Crippen molar-refractivity contribution in [1.29, 1.82) is 0 Å². The third kappa shape index (κ3) is 4.31. The molecule has 4 nitrogen and oxygen atoms in total.